The number of amides is 2. The molecule has 5 heteroatoms. The van der Waals surface area contributed by atoms with E-state index in [-0.39, 0.29) is 18.4 Å². The monoisotopic (exact) mass is 219 g/mol. The Morgan fingerprint density at radius 1 is 1.38 bits per heavy atom. The van der Waals surface area contributed by atoms with E-state index in [0.717, 1.165) is 5.69 Å². The Morgan fingerprint density at radius 2 is 2.25 bits per heavy atom. The van der Waals surface area contributed by atoms with Crippen molar-refractivity contribution in [2.45, 2.75) is 13.0 Å². The number of nitrogens with zero attached hydrogens (tertiary/aromatic N) is 2. The van der Waals surface area contributed by atoms with Gasteiger partial charge < -0.3 is 10.2 Å². The minimum atomic E-state index is -0.0723. The minimum Gasteiger partial charge on any atom is -0.347 e. The van der Waals surface area contributed by atoms with Gasteiger partial charge in [-0.25, -0.2) is 0 Å². The van der Waals surface area contributed by atoms with Crippen LogP contribution in [0.25, 0.3) is 0 Å². The number of hydrogen-bond donors (Lipinski definition) is 1. The maximum absolute atomic E-state index is 11.6. The molecule has 1 aromatic heterocycles. The van der Waals surface area contributed by atoms with E-state index in [1.807, 2.05) is 18.2 Å². The molecule has 0 radical (unpaired) electrons. The number of carbonyl (C=O) groups is 2. The molecule has 1 aliphatic rings. The fraction of sp³-hybridized carbons (Fsp3) is 0.364. The van der Waals surface area contributed by atoms with E-state index in [2.05, 4.69) is 10.3 Å². The summed E-state index contributed by atoms with van der Waals surface area (Å²) in [7, 11) is 0. The van der Waals surface area contributed by atoms with Gasteiger partial charge in [0.1, 0.15) is 0 Å². The van der Waals surface area contributed by atoms with Crippen LogP contribution in [-0.2, 0) is 16.1 Å². The molecular weight excluding hydrogens is 206 g/mol. The Labute approximate surface area is 93.5 Å². The molecule has 1 N–H and O–H groups in total. The standard InChI is InChI=1S/C11H13N3O2/c15-10-4-6-14(11(16)7-13-10)8-9-3-1-2-5-12-9/h1-3,5H,4,6-8H2,(H,13,15). The lowest BCUT2D eigenvalue weighted by atomic mass is 10.3. The van der Waals surface area contributed by atoms with E-state index < -0.39 is 0 Å². The topological polar surface area (TPSA) is 62.3 Å². The highest BCUT2D eigenvalue weighted by Gasteiger charge is 2.20. The van der Waals surface area contributed by atoms with Crippen LogP contribution in [-0.4, -0.2) is 34.8 Å². The summed E-state index contributed by atoms with van der Waals surface area (Å²) < 4.78 is 0. The van der Waals surface area contributed by atoms with Crippen LogP contribution in [0.2, 0.25) is 0 Å². The molecule has 0 bridgehead atoms. The van der Waals surface area contributed by atoms with Crippen molar-refractivity contribution in [3.05, 3.63) is 30.1 Å². The molecule has 1 fully saturated rings. The summed E-state index contributed by atoms with van der Waals surface area (Å²) in [5, 5.41) is 2.56. The first kappa shape index (κ1) is 10.6. The highest BCUT2D eigenvalue weighted by Crippen LogP contribution is 2.04. The van der Waals surface area contributed by atoms with Gasteiger partial charge in [0, 0.05) is 19.2 Å². The molecule has 1 saturated heterocycles. The molecule has 16 heavy (non-hydrogen) atoms. The Hall–Kier alpha value is -1.91. The van der Waals surface area contributed by atoms with Gasteiger partial charge in [0.25, 0.3) is 0 Å². The molecule has 0 spiro atoms. The van der Waals surface area contributed by atoms with E-state index >= 15 is 0 Å². The van der Waals surface area contributed by atoms with Crippen LogP contribution in [0, 0.1) is 0 Å². The summed E-state index contributed by atoms with van der Waals surface area (Å²) in [6.07, 6.45) is 2.06. The summed E-state index contributed by atoms with van der Waals surface area (Å²) in [4.78, 5) is 28.6. The van der Waals surface area contributed by atoms with Gasteiger partial charge in [-0.3, -0.25) is 14.6 Å². The van der Waals surface area contributed by atoms with E-state index in [0.29, 0.717) is 19.5 Å². The molecule has 2 amide bonds. The molecule has 5 nitrogen and oxygen atoms in total. The smallest absolute Gasteiger partial charge is 0.242 e. The summed E-state index contributed by atoms with van der Waals surface area (Å²) >= 11 is 0. The number of pyridine rings is 1. The molecule has 1 aliphatic heterocycles. The zero-order valence-electron chi connectivity index (χ0n) is 8.85. The van der Waals surface area contributed by atoms with Crippen LogP contribution in [0.3, 0.4) is 0 Å². The van der Waals surface area contributed by atoms with Gasteiger partial charge in [0.15, 0.2) is 0 Å². The van der Waals surface area contributed by atoms with Crippen LogP contribution in [0.15, 0.2) is 24.4 Å². The normalized spacial score (nSPS) is 16.9. The van der Waals surface area contributed by atoms with Gasteiger partial charge >= 0.3 is 0 Å². The lowest BCUT2D eigenvalue weighted by Crippen LogP contribution is -2.34. The van der Waals surface area contributed by atoms with Crippen molar-refractivity contribution in [1.29, 1.82) is 0 Å². The van der Waals surface area contributed by atoms with Crippen LogP contribution in [0.4, 0.5) is 0 Å². The molecule has 0 unspecified atom stereocenters. The van der Waals surface area contributed by atoms with Crippen molar-refractivity contribution in [2.24, 2.45) is 0 Å². The molecule has 2 heterocycles. The Balaban J connectivity index is 2.03. The van der Waals surface area contributed by atoms with E-state index in [4.69, 9.17) is 0 Å². The number of nitrogens with one attached hydrogen (secondary N) is 1. The molecule has 0 aromatic carbocycles. The van der Waals surface area contributed by atoms with Crippen molar-refractivity contribution in [3.63, 3.8) is 0 Å². The van der Waals surface area contributed by atoms with Gasteiger partial charge in [0.05, 0.1) is 18.8 Å². The van der Waals surface area contributed by atoms with Crippen LogP contribution in [0.1, 0.15) is 12.1 Å². The van der Waals surface area contributed by atoms with Gasteiger partial charge in [0.2, 0.25) is 11.8 Å². The third kappa shape index (κ3) is 2.56. The van der Waals surface area contributed by atoms with E-state index in [9.17, 15) is 9.59 Å². The van der Waals surface area contributed by atoms with Crippen molar-refractivity contribution in [1.82, 2.24) is 15.2 Å². The predicted molar refractivity (Wildman–Crippen MR) is 57.3 cm³/mol. The quantitative estimate of drug-likeness (QED) is 0.757. The molecule has 0 aliphatic carbocycles. The van der Waals surface area contributed by atoms with Crippen molar-refractivity contribution in [2.75, 3.05) is 13.1 Å². The zero-order chi connectivity index (χ0) is 11.4. The molecule has 2 rings (SSSR count). The number of aromatic nitrogens is 1. The van der Waals surface area contributed by atoms with Crippen LogP contribution < -0.4 is 5.32 Å². The van der Waals surface area contributed by atoms with Gasteiger partial charge in [-0.15, -0.1) is 0 Å². The lowest BCUT2D eigenvalue weighted by Gasteiger charge is -2.18. The van der Waals surface area contributed by atoms with Gasteiger partial charge in [-0.2, -0.15) is 0 Å². The first-order valence-electron chi connectivity index (χ1n) is 5.20. The summed E-state index contributed by atoms with van der Waals surface area (Å²) in [6.45, 7) is 1.02. The molecule has 0 saturated carbocycles. The second kappa shape index (κ2) is 4.74. The average molecular weight is 219 g/mol. The number of hydrogen-bond acceptors (Lipinski definition) is 3. The maximum Gasteiger partial charge on any atom is 0.242 e. The van der Waals surface area contributed by atoms with Gasteiger partial charge in [-0.1, -0.05) is 6.07 Å². The summed E-state index contributed by atoms with van der Waals surface area (Å²) in [5.41, 5.74) is 0.838. The van der Waals surface area contributed by atoms with Gasteiger partial charge in [-0.05, 0) is 12.1 Å². The maximum atomic E-state index is 11.6. The minimum absolute atomic E-state index is 0.0588. The van der Waals surface area contributed by atoms with E-state index in [1.165, 1.54) is 0 Å². The Bertz CT molecular complexity index is 391. The number of carbonyl (C=O) groups excluding carboxylic acids is 2. The third-order valence-electron chi connectivity index (χ3n) is 2.48. The Kier molecular flexibility index (Phi) is 3.14. The summed E-state index contributed by atoms with van der Waals surface area (Å²) in [6, 6.07) is 5.58. The molecule has 0 atom stereocenters. The van der Waals surface area contributed by atoms with Crippen molar-refractivity contribution < 1.29 is 9.59 Å². The molecule has 1 aromatic rings. The molecular formula is C11H13N3O2. The van der Waals surface area contributed by atoms with E-state index in [1.54, 1.807) is 11.1 Å². The highest BCUT2D eigenvalue weighted by molar-refractivity contribution is 5.87. The second-order valence-corrected chi connectivity index (χ2v) is 3.66. The first-order valence-corrected chi connectivity index (χ1v) is 5.20. The van der Waals surface area contributed by atoms with Crippen molar-refractivity contribution >= 4 is 11.8 Å². The first-order chi connectivity index (χ1) is 7.75. The summed E-state index contributed by atoms with van der Waals surface area (Å²) in [5.74, 6) is -0.131. The molecule has 84 valence electrons. The SMILES string of the molecule is O=C1CCN(Cc2ccccn2)C(=O)CN1. The highest BCUT2D eigenvalue weighted by atomic mass is 16.2. The van der Waals surface area contributed by atoms with Crippen molar-refractivity contribution in [3.8, 4) is 0 Å². The number of rotatable bonds is 2. The fourth-order valence-corrected chi connectivity index (χ4v) is 1.59. The van der Waals surface area contributed by atoms with Crippen LogP contribution in [0.5, 0.6) is 0 Å². The largest absolute Gasteiger partial charge is 0.347 e. The fourth-order valence-electron chi connectivity index (χ4n) is 1.59. The third-order valence-corrected chi connectivity index (χ3v) is 2.48. The lowest BCUT2D eigenvalue weighted by molar-refractivity contribution is -0.130. The van der Waals surface area contributed by atoms with Crippen LogP contribution >= 0.6 is 0 Å². The zero-order valence-corrected chi connectivity index (χ0v) is 8.85. The second-order valence-electron chi connectivity index (χ2n) is 3.66. The Morgan fingerprint density at radius 3 is 3.00 bits per heavy atom. The average Bonchev–Trinajstić information content (AvgIpc) is 2.46. The predicted octanol–water partition coefficient (Wildman–Crippen LogP) is -0.0699.